The van der Waals surface area contributed by atoms with E-state index in [9.17, 15) is 14.7 Å². The fourth-order valence-corrected chi connectivity index (χ4v) is 3.35. The maximum Gasteiger partial charge on any atom is 0.336 e. The maximum absolute atomic E-state index is 12.0. The number of unbranched alkanes of at least 4 members (excludes halogenated alkanes) is 3. The lowest BCUT2D eigenvalue weighted by molar-refractivity contribution is 0.0695. The van der Waals surface area contributed by atoms with Crippen LogP contribution in [-0.4, -0.2) is 35.2 Å². The molecule has 0 saturated heterocycles. The van der Waals surface area contributed by atoms with Crippen LogP contribution in [0, 0.1) is 13.8 Å². The number of Topliss-reactive ketones (excluding diaryl/α,β-unsaturated/α-hetero) is 1. The number of carbonyl (C=O) groups is 2. The molecule has 2 aromatic rings. The van der Waals surface area contributed by atoms with Crippen molar-refractivity contribution in [2.45, 2.75) is 59.3 Å². The van der Waals surface area contributed by atoms with Gasteiger partial charge in [0.1, 0.15) is 17.2 Å². The van der Waals surface area contributed by atoms with Gasteiger partial charge >= 0.3 is 5.97 Å². The van der Waals surface area contributed by atoms with Crippen LogP contribution in [0.5, 0.6) is 17.2 Å². The van der Waals surface area contributed by atoms with E-state index in [1.807, 2.05) is 6.92 Å². The summed E-state index contributed by atoms with van der Waals surface area (Å²) in [5.74, 6) is 0.216. The van der Waals surface area contributed by atoms with E-state index in [0.717, 1.165) is 32.1 Å². The summed E-state index contributed by atoms with van der Waals surface area (Å²) in [6.45, 7) is 6.51. The second-order valence-corrected chi connectivity index (χ2v) is 7.60. The summed E-state index contributed by atoms with van der Waals surface area (Å²) in [4.78, 5) is 23.2. The third kappa shape index (κ3) is 6.74. The van der Waals surface area contributed by atoms with E-state index in [0.29, 0.717) is 47.8 Å². The number of phenolic OH excluding ortho intramolecular Hbond substituents is 1. The summed E-state index contributed by atoms with van der Waals surface area (Å²) in [6, 6.07) is 8.43. The van der Waals surface area contributed by atoms with Crippen LogP contribution in [0.4, 0.5) is 0 Å². The maximum atomic E-state index is 12.0. The van der Waals surface area contributed by atoms with Gasteiger partial charge in [-0.1, -0.05) is 13.0 Å². The van der Waals surface area contributed by atoms with Crippen LogP contribution >= 0.6 is 0 Å². The lowest BCUT2D eigenvalue weighted by atomic mass is 10.0. The second-order valence-electron chi connectivity index (χ2n) is 7.60. The van der Waals surface area contributed by atoms with Crippen molar-refractivity contribution in [3.05, 3.63) is 52.6 Å². The fourth-order valence-electron chi connectivity index (χ4n) is 3.35. The first-order valence-electron chi connectivity index (χ1n) is 10.8. The third-order valence-electron chi connectivity index (χ3n) is 5.23. The number of carbonyl (C=O) groups excluding carboxylic acids is 1. The van der Waals surface area contributed by atoms with Crippen molar-refractivity contribution in [2.75, 3.05) is 13.2 Å². The molecule has 0 aliphatic carbocycles. The topological polar surface area (TPSA) is 93.1 Å². The van der Waals surface area contributed by atoms with E-state index in [4.69, 9.17) is 14.6 Å². The number of aromatic carboxylic acids is 1. The fraction of sp³-hybridized carbons (Fsp3) is 0.440. The predicted octanol–water partition coefficient (Wildman–Crippen LogP) is 5.71. The molecule has 0 heterocycles. The normalized spacial score (nSPS) is 10.7. The summed E-state index contributed by atoms with van der Waals surface area (Å²) < 4.78 is 11.5. The SMILES string of the molecule is CCCC(=O)c1ccc(OCCCCCCOc2cccc(C(=O)O)c2C)c(C)c1O. The highest BCUT2D eigenvalue weighted by Gasteiger charge is 2.15. The Morgan fingerprint density at radius 2 is 1.45 bits per heavy atom. The van der Waals surface area contributed by atoms with Crippen molar-refractivity contribution in [2.24, 2.45) is 0 Å². The first kappa shape index (κ1) is 24.3. The number of phenols is 1. The first-order valence-corrected chi connectivity index (χ1v) is 10.8. The molecule has 2 aromatic carbocycles. The monoisotopic (exact) mass is 428 g/mol. The van der Waals surface area contributed by atoms with Crippen LogP contribution in [0.1, 0.15) is 77.3 Å². The van der Waals surface area contributed by atoms with Gasteiger partial charge in [-0.25, -0.2) is 4.79 Å². The smallest absolute Gasteiger partial charge is 0.336 e. The lowest BCUT2D eigenvalue weighted by Gasteiger charge is -2.13. The second kappa shape index (κ2) is 12.0. The van der Waals surface area contributed by atoms with E-state index < -0.39 is 5.97 Å². The molecule has 0 fully saturated rings. The van der Waals surface area contributed by atoms with Gasteiger partial charge < -0.3 is 19.7 Å². The molecule has 168 valence electrons. The van der Waals surface area contributed by atoms with Gasteiger partial charge in [-0.15, -0.1) is 0 Å². The molecule has 0 radical (unpaired) electrons. The molecule has 31 heavy (non-hydrogen) atoms. The Morgan fingerprint density at radius 3 is 2.03 bits per heavy atom. The number of ketones is 1. The molecule has 0 amide bonds. The Hall–Kier alpha value is -3.02. The molecule has 0 saturated carbocycles. The Bertz CT molecular complexity index is 903. The van der Waals surface area contributed by atoms with Gasteiger partial charge in [0.25, 0.3) is 0 Å². The van der Waals surface area contributed by atoms with Crippen molar-refractivity contribution < 1.29 is 29.3 Å². The minimum atomic E-state index is -0.950. The summed E-state index contributed by atoms with van der Waals surface area (Å²) in [7, 11) is 0. The van der Waals surface area contributed by atoms with Crippen LogP contribution in [0.15, 0.2) is 30.3 Å². The Kier molecular flexibility index (Phi) is 9.38. The molecule has 0 aromatic heterocycles. The zero-order chi connectivity index (χ0) is 22.8. The molecule has 0 aliphatic rings. The van der Waals surface area contributed by atoms with Gasteiger partial charge in [0, 0.05) is 17.5 Å². The van der Waals surface area contributed by atoms with Gasteiger partial charge in [0.2, 0.25) is 0 Å². The zero-order valence-corrected chi connectivity index (χ0v) is 18.6. The van der Waals surface area contributed by atoms with Crippen molar-refractivity contribution in [3.8, 4) is 17.2 Å². The molecular weight excluding hydrogens is 396 g/mol. The standard InChI is InChI=1S/C25H32O6/c1-4-10-21(26)20-13-14-23(18(3)24(20)27)31-16-8-6-5-7-15-30-22-12-9-11-19(17(22)2)25(28)29/h9,11-14,27H,4-8,10,15-16H2,1-3H3,(H,28,29). The molecule has 0 unspecified atom stereocenters. The van der Waals surface area contributed by atoms with Gasteiger partial charge in [0.15, 0.2) is 5.78 Å². The lowest BCUT2D eigenvalue weighted by Crippen LogP contribution is -2.05. The number of hydrogen-bond acceptors (Lipinski definition) is 5. The first-order chi connectivity index (χ1) is 14.9. The molecule has 6 heteroatoms. The molecule has 0 bridgehead atoms. The Labute approximate surface area is 183 Å². The predicted molar refractivity (Wildman–Crippen MR) is 120 cm³/mol. The Balaban J connectivity index is 1.69. The number of carboxylic acids is 1. The van der Waals surface area contributed by atoms with Gasteiger partial charge in [-0.05, 0) is 70.2 Å². The van der Waals surface area contributed by atoms with Crippen molar-refractivity contribution in [1.82, 2.24) is 0 Å². The van der Waals surface area contributed by atoms with E-state index in [2.05, 4.69) is 0 Å². The van der Waals surface area contributed by atoms with Crippen LogP contribution in [0.3, 0.4) is 0 Å². The number of benzene rings is 2. The van der Waals surface area contributed by atoms with E-state index >= 15 is 0 Å². The van der Waals surface area contributed by atoms with Crippen molar-refractivity contribution in [3.63, 3.8) is 0 Å². The minimum absolute atomic E-state index is 0.00959. The molecule has 2 N–H and O–H groups in total. The Morgan fingerprint density at radius 1 is 0.839 bits per heavy atom. The number of rotatable bonds is 13. The molecule has 2 rings (SSSR count). The number of carboxylic acid groups (broad SMARTS) is 1. The zero-order valence-electron chi connectivity index (χ0n) is 18.6. The van der Waals surface area contributed by atoms with E-state index in [-0.39, 0.29) is 17.1 Å². The van der Waals surface area contributed by atoms with Crippen molar-refractivity contribution in [1.29, 1.82) is 0 Å². The highest BCUT2D eigenvalue weighted by molar-refractivity contribution is 5.99. The van der Waals surface area contributed by atoms with Gasteiger partial charge in [-0.3, -0.25) is 4.79 Å². The van der Waals surface area contributed by atoms with Crippen LogP contribution in [0.2, 0.25) is 0 Å². The largest absolute Gasteiger partial charge is 0.507 e. The van der Waals surface area contributed by atoms with Crippen LogP contribution in [-0.2, 0) is 0 Å². The summed E-state index contributed by atoms with van der Waals surface area (Å²) in [5, 5.41) is 19.4. The molecule has 6 nitrogen and oxygen atoms in total. The molecule has 0 aliphatic heterocycles. The van der Waals surface area contributed by atoms with Crippen LogP contribution in [0.25, 0.3) is 0 Å². The average molecular weight is 429 g/mol. The minimum Gasteiger partial charge on any atom is -0.507 e. The summed E-state index contributed by atoms with van der Waals surface area (Å²) in [5.41, 5.74) is 1.85. The highest BCUT2D eigenvalue weighted by atomic mass is 16.5. The van der Waals surface area contributed by atoms with E-state index in [1.165, 1.54) is 0 Å². The quantitative estimate of drug-likeness (QED) is 0.314. The van der Waals surface area contributed by atoms with Crippen molar-refractivity contribution >= 4 is 11.8 Å². The molecule has 0 spiro atoms. The highest BCUT2D eigenvalue weighted by Crippen LogP contribution is 2.31. The molecular formula is C25H32O6. The average Bonchev–Trinajstić information content (AvgIpc) is 2.73. The molecule has 0 atom stereocenters. The number of hydrogen-bond donors (Lipinski definition) is 2. The number of ether oxygens (including phenoxy) is 2. The van der Waals surface area contributed by atoms with Crippen LogP contribution < -0.4 is 9.47 Å². The summed E-state index contributed by atoms with van der Waals surface area (Å²) in [6.07, 6.45) is 4.83. The van der Waals surface area contributed by atoms with E-state index in [1.54, 1.807) is 44.2 Å². The third-order valence-corrected chi connectivity index (χ3v) is 5.23. The van der Waals surface area contributed by atoms with Gasteiger partial charge in [0.05, 0.1) is 24.3 Å². The number of aromatic hydroxyl groups is 1. The summed E-state index contributed by atoms with van der Waals surface area (Å²) >= 11 is 0. The van der Waals surface area contributed by atoms with Gasteiger partial charge in [-0.2, -0.15) is 0 Å².